The highest BCUT2D eigenvalue weighted by Crippen LogP contribution is 2.34. The SMILES string of the molecule is CCOC(=O)c1sc(NC(=O)COC(=O)Cc2ccc(OC)c(F)c2)c(C(=O)OCC)c1C. The van der Waals surface area contributed by atoms with Crippen LogP contribution in [0.5, 0.6) is 5.75 Å². The summed E-state index contributed by atoms with van der Waals surface area (Å²) in [4.78, 5) is 49.0. The largest absolute Gasteiger partial charge is 0.494 e. The normalized spacial score (nSPS) is 10.3. The number of methoxy groups -OCH3 is 1. The van der Waals surface area contributed by atoms with Gasteiger partial charge in [-0.15, -0.1) is 11.3 Å². The summed E-state index contributed by atoms with van der Waals surface area (Å²) in [6.45, 7) is 4.40. The van der Waals surface area contributed by atoms with E-state index in [1.807, 2.05) is 0 Å². The molecule has 1 aromatic carbocycles. The number of halogens is 1. The van der Waals surface area contributed by atoms with Crippen LogP contribution in [0.2, 0.25) is 0 Å². The van der Waals surface area contributed by atoms with E-state index in [-0.39, 0.29) is 40.8 Å². The van der Waals surface area contributed by atoms with Gasteiger partial charge in [-0.1, -0.05) is 6.07 Å². The number of hydrogen-bond acceptors (Lipinski definition) is 9. The summed E-state index contributed by atoms with van der Waals surface area (Å²) in [6, 6.07) is 4.01. The van der Waals surface area contributed by atoms with Crippen LogP contribution in [-0.2, 0) is 30.2 Å². The molecule has 0 unspecified atom stereocenters. The molecule has 178 valence electrons. The zero-order valence-electron chi connectivity index (χ0n) is 18.6. The maximum Gasteiger partial charge on any atom is 0.348 e. The quantitative estimate of drug-likeness (QED) is 0.406. The molecule has 0 fully saturated rings. The highest BCUT2D eigenvalue weighted by molar-refractivity contribution is 7.18. The third kappa shape index (κ3) is 6.75. The molecule has 9 nitrogen and oxygen atoms in total. The van der Waals surface area contributed by atoms with E-state index in [1.165, 1.54) is 19.2 Å². The number of anilines is 1. The first kappa shape index (κ1) is 25.8. The number of nitrogens with one attached hydrogen (secondary N) is 1. The number of benzene rings is 1. The maximum absolute atomic E-state index is 13.7. The summed E-state index contributed by atoms with van der Waals surface area (Å²) in [5.41, 5.74) is 0.681. The lowest BCUT2D eigenvalue weighted by Gasteiger charge is -2.08. The van der Waals surface area contributed by atoms with Gasteiger partial charge in [0.15, 0.2) is 18.2 Å². The van der Waals surface area contributed by atoms with Crippen LogP contribution in [0.15, 0.2) is 18.2 Å². The Morgan fingerprint density at radius 1 is 1.03 bits per heavy atom. The van der Waals surface area contributed by atoms with Gasteiger partial charge in [0, 0.05) is 0 Å². The highest BCUT2D eigenvalue weighted by Gasteiger charge is 2.27. The van der Waals surface area contributed by atoms with Crippen molar-refractivity contribution in [3.63, 3.8) is 0 Å². The molecule has 1 aromatic heterocycles. The summed E-state index contributed by atoms with van der Waals surface area (Å²) in [7, 11) is 1.32. The summed E-state index contributed by atoms with van der Waals surface area (Å²) in [6.07, 6.45) is -0.257. The number of ether oxygens (including phenoxy) is 4. The first-order valence-electron chi connectivity index (χ1n) is 9.97. The van der Waals surface area contributed by atoms with Crippen molar-refractivity contribution in [3.05, 3.63) is 45.6 Å². The van der Waals surface area contributed by atoms with Crippen LogP contribution in [0.4, 0.5) is 9.39 Å². The molecule has 2 rings (SSSR count). The van der Waals surface area contributed by atoms with Gasteiger partial charge in [-0.05, 0) is 44.0 Å². The highest BCUT2D eigenvalue weighted by atomic mass is 32.1. The number of carbonyl (C=O) groups excluding carboxylic acids is 4. The lowest BCUT2D eigenvalue weighted by Crippen LogP contribution is -2.22. The second-order valence-electron chi connectivity index (χ2n) is 6.56. The van der Waals surface area contributed by atoms with Crippen molar-refractivity contribution in [2.75, 3.05) is 32.2 Å². The van der Waals surface area contributed by atoms with Crippen LogP contribution in [0.3, 0.4) is 0 Å². The van der Waals surface area contributed by atoms with Crippen LogP contribution >= 0.6 is 11.3 Å². The Balaban J connectivity index is 2.07. The molecule has 2 aromatic rings. The molecule has 0 bridgehead atoms. The van der Waals surface area contributed by atoms with E-state index in [4.69, 9.17) is 18.9 Å². The van der Waals surface area contributed by atoms with Gasteiger partial charge in [-0.2, -0.15) is 0 Å². The Morgan fingerprint density at radius 3 is 2.30 bits per heavy atom. The number of amides is 1. The van der Waals surface area contributed by atoms with E-state index in [2.05, 4.69) is 5.32 Å². The lowest BCUT2D eigenvalue weighted by molar-refractivity contribution is -0.146. The minimum Gasteiger partial charge on any atom is -0.494 e. The minimum absolute atomic E-state index is 0.0262. The molecule has 0 aliphatic rings. The van der Waals surface area contributed by atoms with Gasteiger partial charge in [0.2, 0.25) is 0 Å². The molecule has 0 aliphatic heterocycles. The Labute approximate surface area is 193 Å². The Hall–Kier alpha value is -3.47. The van der Waals surface area contributed by atoms with Crippen molar-refractivity contribution in [1.29, 1.82) is 0 Å². The third-order valence-electron chi connectivity index (χ3n) is 4.27. The monoisotopic (exact) mass is 481 g/mol. The lowest BCUT2D eigenvalue weighted by atomic mass is 10.1. The molecule has 1 heterocycles. The summed E-state index contributed by atoms with van der Waals surface area (Å²) in [5, 5.41) is 2.54. The van der Waals surface area contributed by atoms with E-state index >= 15 is 0 Å². The molecule has 11 heteroatoms. The van der Waals surface area contributed by atoms with Crippen LogP contribution in [-0.4, -0.2) is 50.7 Å². The van der Waals surface area contributed by atoms with Crippen molar-refractivity contribution in [2.24, 2.45) is 0 Å². The Kier molecular flexibility index (Phi) is 9.34. The van der Waals surface area contributed by atoms with Crippen molar-refractivity contribution in [2.45, 2.75) is 27.2 Å². The molecule has 0 spiro atoms. The molecular weight excluding hydrogens is 457 g/mol. The molecule has 0 radical (unpaired) electrons. The molecule has 0 aliphatic carbocycles. The van der Waals surface area contributed by atoms with Crippen LogP contribution in [0.1, 0.15) is 45.0 Å². The standard InChI is InChI=1S/C22H24FNO8S/c1-5-30-21(27)18-12(3)19(22(28)31-6-2)33-20(18)24-16(25)11-32-17(26)10-13-7-8-15(29-4)14(23)9-13/h7-9H,5-6,10-11H2,1-4H3,(H,24,25). The number of rotatable bonds is 10. The second kappa shape index (κ2) is 12.0. The van der Waals surface area contributed by atoms with Gasteiger partial charge in [0.05, 0.1) is 32.3 Å². The molecular formula is C22H24FNO8S. The van der Waals surface area contributed by atoms with Crippen molar-refractivity contribution in [1.82, 2.24) is 0 Å². The average molecular weight is 481 g/mol. The molecule has 0 saturated carbocycles. The second-order valence-corrected chi connectivity index (χ2v) is 7.58. The first-order chi connectivity index (χ1) is 15.7. The van der Waals surface area contributed by atoms with Gasteiger partial charge in [-0.3, -0.25) is 9.59 Å². The summed E-state index contributed by atoms with van der Waals surface area (Å²) < 4.78 is 33.5. The van der Waals surface area contributed by atoms with Gasteiger partial charge >= 0.3 is 17.9 Å². The molecule has 1 N–H and O–H groups in total. The third-order valence-corrected chi connectivity index (χ3v) is 5.46. The minimum atomic E-state index is -0.755. The average Bonchev–Trinajstić information content (AvgIpc) is 3.08. The number of esters is 3. The van der Waals surface area contributed by atoms with E-state index < -0.39 is 36.2 Å². The van der Waals surface area contributed by atoms with Crippen LogP contribution < -0.4 is 10.1 Å². The Bertz CT molecular complexity index is 1050. The van der Waals surface area contributed by atoms with Gasteiger partial charge < -0.3 is 24.3 Å². The van der Waals surface area contributed by atoms with Crippen LogP contribution in [0, 0.1) is 12.7 Å². The summed E-state index contributed by atoms with van der Waals surface area (Å²) >= 11 is 0.857. The van der Waals surface area contributed by atoms with Crippen molar-refractivity contribution < 1.29 is 42.5 Å². The first-order valence-corrected chi connectivity index (χ1v) is 10.8. The van der Waals surface area contributed by atoms with E-state index in [0.29, 0.717) is 11.1 Å². The summed E-state index contributed by atoms with van der Waals surface area (Å²) in [5.74, 6) is -3.42. The Morgan fingerprint density at radius 2 is 1.70 bits per heavy atom. The number of hydrogen-bond donors (Lipinski definition) is 1. The van der Waals surface area contributed by atoms with E-state index in [0.717, 1.165) is 17.4 Å². The fraction of sp³-hybridized carbons (Fsp3) is 0.364. The molecule has 0 saturated heterocycles. The number of carbonyl (C=O) groups is 4. The van der Waals surface area contributed by atoms with Gasteiger partial charge in [0.1, 0.15) is 9.88 Å². The van der Waals surface area contributed by atoms with Gasteiger partial charge in [-0.25, -0.2) is 14.0 Å². The van der Waals surface area contributed by atoms with Crippen LogP contribution in [0.25, 0.3) is 0 Å². The molecule has 1 amide bonds. The van der Waals surface area contributed by atoms with Gasteiger partial charge in [0.25, 0.3) is 5.91 Å². The molecule has 33 heavy (non-hydrogen) atoms. The zero-order valence-corrected chi connectivity index (χ0v) is 19.4. The maximum atomic E-state index is 13.7. The topological polar surface area (TPSA) is 117 Å². The zero-order chi connectivity index (χ0) is 24.5. The van der Waals surface area contributed by atoms with E-state index in [1.54, 1.807) is 20.8 Å². The van der Waals surface area contributed by atoms with E-state index in [9.17, 15) is 23.6 Å². The predicted octanol–water partition coefficient (Wildman–Crippen LogP) is 3.28. The number of thiophene rings is 1. The smallest absolute Gasteiger partial charge is 0.348 e. The fourth-order valence-electron chi connectivity index (χ4n) is 2.79. The fourth-order valence-corrected chi connectivity index (χ4v) is 3.89. The van der Waals surface area contributed by atoms with Crippen molar-refractivity contribution in [3.8, 4) is 5.75 Å². The van der Waals surface area contributed by atoms with Crippen molar-refractivity contribution >= 4 is 40.2 Å². The predicted molar refractivity (Wildman–Crippen MR) is 117 cm³/mol. The molecule has 0 atom stereocenters.